The van der Waals surface area contributed by atoms with Crippen molar-refractivity contribution in [2.75, 3.05) is 31.6 Å². The van der Waals surface area contributed by atoms with E-state index in [1.807, 2.05) is 51.8 Å². The van der Waals surface area contributed by atoms with Crippen LogP contribution in [0.25, 0.3) is 28.0 Å². The zero-order chi connectivity index (χ0) is 25.0. The molecule has 6 rings (SSSR count). The van der Waals surface area contributed by atoms with E-state index in [0.29, 0.717) is 12.6 Å². The smallest absolute Gasteiger partial charge is 0.247 e. The lowest BCUT2D eigenvalue weighted by atomic mass is 10.1. The highest BCUT2D eigenvalue weighted by Crippen LogP contribution is 2.26. The van der Waals surface area contributed by atoms with Crippen LogP contribution in [-0.2, 0) is 6.54 Å². The number of fused-ring (bicyclic) bond motifs is 1. The fourth-order valence-electron chi connectivity index (χ4n) is 4.76. The number of hydrogen-bond donors (Lipinski definition) is 1. The predicted octanol–water partition coefficient (Wildman–Crippen LogP) is 5.50. The van der Waals surface area contributed by atoms with Gasteiger partial charge in [0.1, 0.15) is 12.4 Å². The quantitative estimate of drug-likeness (QED) is 0.292. The fraction of sp³-hybridized carbons (Fsp3) is 0.276. The maximum absolute atomic E-state index is 5.92. The molecule has 1 aliphatic rings. The van der Waals surface area contributed by atoms with Crippen LogP contribution in [0, 0.1) is 0 Å². The van der Waals surface area contributed by atoms with Crippen molar-refractivity contribution < 1.29 is 4.74 Å². The third-order valence-corrected chi connectivity index (χ3v) is 6.82. The van der Waals surface area contributed by atoms with Crippen molar-refractivity contribution in [3.8, 4) is 28.1 Å². The number of hydrogen-bond acceptors (Lipinski definition) is 6. The predicted molar refractivity (Wildman–Crippen MR) is 146 cm³/mol. The molecule has 0 aliphatic carbocycles. The Bertz CT molecular complexity index is 1460. The van der Waals surface area contributed by atoms with E-state index in [9.17, 15) is 0 Å². The van der Waals surface area contributed by atoms with Crippen molar-refractivity contribution in [3.63, 3.8) is 0 Å². The Hall–Kier alpha value is -4.17. The zero-order valence-electron chi connectivity index (χ0n) is 21.0. The Balaban J connectivity index is 1.14. The Morgan fingerprint density at radius 1 is 0.892 bits per heavy atom. The summed E-state index contributed by atoms with van der Waals surface area (Å²) in [6.07, 6.45) is 6.58. The van der Waals surface area contributed by atoms with Crippen LogP contribution < -0.4 is 10.1 Å². The van der Waals surface area contributed by atoms with E-state index in [2.05, 4.69) is 63.8 Å². The molecular formula is C29H31N7O. The van der Waals surface area contributed by atoms with Crippen LogP contribution in [0.2, 0.25) is 0 Å². The van der Waals surface area contributed by atoms with Crippen LogP contribution in [-0.4, -0.2) is 55.5 Å². The maximum Gasteiger partial charge on any atom is 0.247 e. The number of benzene rings is 2. The zero-order valence-corrected chi connectivity index (χ0v) is 21.0. The number of aromatic nitrogens is 5. The van der Waals surface area contributed by atoms with Crippen molar-refractivity contribution in [1.29, 1.82) is 0 Å². The first-order chi connectivity index (χ1) is 18.2. The highest BCUT2D eigenvalue weighted by molar-refractivity contribution is 5.70. The minimum atomic E-state index is 0.554. The summed E-state index contributed by atoms with van der Waals surface area (Å²) in [6.45, 7) is 7.03. The van der Waals surface area contributed by atoms with Crippen LogP contribution in [0.15, 0.2) is 79.1 Å². The second kappa shape index (κ2) is 10.4. The summed E-state index contributed by atoms with van der Waals surface area (Å²) in [7, 11) is 0. The molecule has 8 heteroatoms. The number of likely N-dealkylation sites (tertiary alicyclic amines) is 1. The molecule has 0 bridgehead atoms. The molecule has 8 nitrogen and oxygen atoms in total. The Morgan fingerprint density at radius 2 is 1.68 bits per heavy atom. The Labute approximate surface area is 216 Å². The first-order valence-corrected chi connectivity index (χ1v) is 13.0. The molecule has 1 fully saturated rings. The van der Waals surface area contributed by atoms with Gasteiger partial charge in [0.2, 0.25) is 5.95 Å². The molecule has 0 spiro atoms. The van der Waals surface area contributed by atoms with Crippen LogP contribution in [0.1, 0.15) is 19.8 Å². The van der Waals surface area contributed by atoms with Gasteiger partial charge in [-0.2, -0.15) is 10.1 Å². The average Bonchev–Trinajstić information content (AvgIpc) is 3.70. The molecule has 37 heavy (non-hydrogen) atoms. The van der Waals surface area contributed by atoms with E-state index < -0.39 is 0 Å². The second-order valence-corrected chi connectivity index (χ2v) is 9.33. The van der Waals surface area contributed by atoms with Crippen LogP contribution in [0.4, 0.5) is 11.6 Å². The molecule has 0 unspecified atom stereocenters. The third-order valence-electron chi connectivity index (χ3n) is 6.82. The Morgan fingerprint density at radius 3 is 2.43 bits per heavy atom. The molecule has 5 aromatic rings. The summed E-state index contributed by atoms with van der Waals surface area (Å²) in [6, 6.07) is 22.5. The molecule has 0 radical (unpaired) electrons. The summed E-state index contributed by atoms with van der Waals surface area (Å²) in [5.74, 6) is 1.43. The van der Waals surface area contributed by atoms with Gasteiger partial charge < -0.3 is 10.1 Å². The van der Waals surface area contributed by atoms with E-state index in [4.69, 9.17) is 9.84 Å². The minimum Gasteiger partial charge on any atom is -0.492 e. The number of aryl methyl sites for hydroxylation is 1. The topological polar surface area (TPSA) is 72.5 Å². The van der Waals surface area contributed by atoms with Crippen LogP contribution in [0.5, 0.6) is 5.75 Å². The van der Waals surface area contributed by atoms with E-state index in [1.165, 1.54) is 25.9 Å². The highest BCUT2D eigenvalue weighted by atomic mass is 16.5. The first kappa shape index (κ1) is 23.2. The van der Waals surface area contributed by atoms with Gasteiger partial charge in [-0.15, -0.1) is 5.10 Å². The van der Waals surface area contributed by atoms with E-state index >= 15 is 0 Å². The molecule has 2 aromatic carbocycles. The molecule has 1 N–H and O–H groups in total. The van der Waals surface area contributed by atoms with Gasteiger partial charge >= 0.3 is 0 Å². The summed E-state index contributed by atoms with van der Waals surface area (Å²) >= 11 is 0. The van der Waals surface area contributed by atoms with Gasteiger partial charge in [0.05, 0.1) is 11.9 Å². The van der Waals surface area contributed by atoms with Gasteiger partial charge in [-0.25, -0.2) is 4.52 Å². The SMILES string of the molecule is CCn1cc(-c2ccc(-c3cccc4nc(Nc5ccc(OCCN6CCCC6)cc5)nn34)cc2)cn1. The Kier molecular flexibility index (Phi) is 6.56. The monoisotopic (exact) mass is 493 g/mol. The van der Waals surface area contributed by atoms with Gasteiger partial charge in [-0.05, 0) is 74.8 Å². The number of ether oxygens (including phenoxy) is 1. The molecule has 188 valence electrons. The summed E-state index contributed by atoms with van der Waals surface area (Å²) in [4.78, 5) is 7.13. The van der Waals surface area contributed by atoms with E-state index in [1.54, 1.807) is 0 Å². The molecule has 1 saturated heterocycles. The van der Waals surface area contributed by atoms with Gasteiger partial charge in [-0.3, -0.25) is 9.58 Å². The lowest BCUT2D eigenvalue weighted by Gasteiger charge is -2.15. The average molecular weight is 494 g/mol. The fourth-order valence-corrected chi connectivity index (χ4v) is 4.76. The van der Waals surface area contributed by atoms with Gasteiger partial charge in [0.25, 0.3) is 0 Å². The molecule has 0 saturated carbocycles. The highest BCUT2D eigenvalue weighted by Gasteiger charge is 2.12. The molecule has 0 amide bonds. The van der Waals surface area contributed by atoms with Crippen molar-refractivity contribution in [2.24, 2.45) is 0 Å². The normalized spacial score (nSPS) is 13.9. The molecular weight excluding hydrogens is 462 g/mol. The second-order valence-electron chi connectivity index (χ2n) is 9.33. The summed E-state index contributed by atoms with van der Waals surface area (Å²) < 4.78 is 9.73. The van der Waals surface area contributed by atoms with Crippen molar-refractivity contribution in [3.05, 3.63) is 79.1 Å². The minimum absolute atomic E-state index is 0.554. The number of anilines is 2. The summed E-state index contributed by atoms with van der Waals surface area (Å²) in [5, 5.41) is 12.4. The molecule has 3 aromatic heterocycles. The van der Waals surface area contributed by atoms with E-state index in [-0.39, 0.29) is 0 Å². The lowest BCUT2D eigenvalue weighted by Crippen LogP contribution is -2.25. The standard InChI is InChI=1S/C29H31N7O/c1-2-35-21-24(20-30-35)22-8-10-23(11-9-22)27-6-5-7-28-32-29(33-36(27)28)31-25-12-14-26(15-13-25)37-19-18-34-16-3-4-17-34/h5-15,20-21H,2-4,16-19H2,1H3,(H,31,33). The van der Waals surface area contributed by atoms with Gasteiger partial charge in [0.15, 0.2) is 5.65 Å². The summed E-state index contributed by atoms with van der Waals surface area (Å²) in [5.41, 5.74) is 6.01. The largest absolute Gasteiger partial charge is 0.492 e. The van der Waals surface area contributed by atoms with Crippen LogP contribution in [0.3, 0.4) is 0 Å². The number of rotatable bonds is 9. The maximum atomic E-state index is 5.92. The van der Waals surface area contributed by atoms with Crippen molar-refractivity contribution >= 4 is 17.3 Å². The number of nitrogens with zero attached hydrogens (tertiary/aromatic N) is 6. The van der Waals surface area contributed by atoms with Gasteiger partial charge in [0, 0.05) is 36.1 Å². The first-order valence-electron chi connectivity index (χ1n) is 13.0. The number of pyridine rings is 1. The van der Waals surface area contributed by atoms with E-state index in [0.717, 1.165) is 52.6 Å². The molecule has 1 aliphatic heterocycles. The lowest BCUT2D eigenvalue weighted by molar-refractivity contribution is 0.238. The van der Waals surface area contributed by atoms with Gasteiger partial charge in [-0.1, -0.05) is 30.3 Å². The molecule has 0 atom stereocenters. The number of nitrogens with one attached hydrogen (secondary N) is 1. The van der Waals surface area contributed by atoms with Crippen LogP contribution >= 0.6 is 0 Å². The molecule has 4 heterocycles. The third kappa shape index (κ3) is 5.20. The van der Waals surface area contributed by atoms with Crippen molar-refractivity contribution in [2.45, 2.75) is 26.3 Å². The van der Waals surface area contributed by atoms with Crippen molar-refractivity contribution in [1.82, 2.24) is 29.3 Å².